The molecule has 0 aromatic carbocycles. The number of aromatic nitrogens is 2. The first kappa shape index (κ1) is 16.8. The zero-order chi connectivity index (χ0) is 15.9. The van der Waals surface area contributed by atoms with Gasteiger partial charge in [-0.2, -0.15) is 4.98 Å². The lowest BCUT2D eigenvalue weighted by molar-refractivity contribution is 0.298. The van der Waals surface area contributed by atoms with Gasteiger partial charge in [-0.05, 0) is 25.2 Å². The van der Waals surface area contributed by atoms with E-state index in [-0.39, 0.29) is 0 Å². The number of nitrogens with zero attached hydrogens (tertiary/aromatic N) is 2. The van der Waals surface area contributed by atoms with Gasteiger partial charge in [0.2, 0.25) is 5.88 Å². The third-order valence-corrected chi connectivity index (χ3v) is 4.44. The Hall–Kier alpha value is -1.52. The number of ether oxygens (including phenoxy) is 1. The van der Waals surface area contributed by atoms with Gasteiger partial charge in [0.1, 0.15) is 11.5 Å². The number of hydrogen-bond acceptors (Lipinski definition) is 5. The smallest absolute Gasteiger partial charge is 0.242 e. The molecule has 2 unspecified atom stereocenters. The molecule has 0 amide bonds. The summed E-state index contributed by atoms with van der Waals surface area (Å²) in [5.74, 6) is 2.72. The second-order valence-corrected chi connectivity index (χ2v) is 6.28. The van der Waals surface area contributed by atoms with E-state index in [1.165, 1.54) is 25.7 Å². The molecule has 0 radical (unpaired) electrons. The number of rotatable bonds is 7. The fourth-order valence-electron chi connectivity index (χ4n) is 2.89. The first-order valence-electron chi connectivity index (χ1n) is 8.71. The van der Waals surface area contributed by atoms with Crippen molar-refractivity contribution < 1.29 is 4.74 Å². The summed E-state index contributed by atoms with van der Waals surface area (Å²) in [6.45, 7) is 7.14. The summed E-state index contributed by atoms with van der Waals surface area (Å²) in [6, 6.07) is 0.444. The maximum atomic E-state index is 6.24. The quantitative estimate of drug-likeness (QED) is 0.750. The number of nitrogen functional groups attached to an aromatic ring is 1. The van der Waals surface area contributed by atoms with Crippen LogP contribution in [0.5, 0.6) is 5.88 Å². The first-order chi connectivity index (χ1) is 10.7. The van der Waals surface area contributed by atoms with Gasteiger partial charge < -0.3 is 15.8 Å². The third-order valence-electron chi connectivity index (χ3n) is 4.44. The molecule has 2 atom stereocenters. The molecule has 0 aliphatic heterocycles. The van der Waals surface area contributed by atoms with Crippen LogP contribution in [0.25, 0.3) is 0 Å². The van der Waals surface area contributed by atoms with Crippen LogP contribution >= 0.6 is 0 Å². The standard InChI is InChI=1S/C17H30N4O/c1-4-6-11-22-17-15(18)16(20-14(5-2)21-17)19-13-10-8-7-9-12(13)3/h12-13H,4-11,18H2,1-3H3,(H,19,20,21). The SMILES string of the molecule is CCCCOc1nc(CC)nc(NC2CCCCC2C)c1N. The van der Waals surface area contributed by atoms with E-state index in [2.05, 4.69) is 29.1 Å². The molecule has 1 aromatic rings. The van der Waals surface area contributed by atoms with Crippen LogP contribution in [0, 0.1) is 5.92 Å². The Bertz CT molecular complexity index is 478. The molecule has 22 heavy (non-hydrogen) atoms. The lowest BCUT2D eigenvalue weighted by Gasteiger charge is -2.30. The number of nitrogens with two attached hydrogens (primary N) is 1. The Morgan fingerprint density at radius 3 is 2.68 bits per heavy atom. The summed E-state index contributed by atoms with van der Waals surface area (Å²) in [6.07, 6.45) is 7.92. The molecule has 1 aromatic heterocycles. The molecule has 5 heteroatoms. The summed E-state index contributed by atoms with van der Waals surface area (Å²) in [5.41, 5.74) is 6.79. The monoisotopic (exact) mass is 306 g/mol. The van der Waals surface area contributed by atoms with Crippen molar-refractivity contribution in [3.63, 3.8) is 0 Å². The van der Waals surface area contributed by atoms with Gasteiger partial charge in [-0.15, -0.1) is 0 Å². The van der Waals surface area contributed by atoms with Gasteiger partial charge in [-0.1, -0.05) is 40.0 Å². The van der Waals surface area contributed by atoms with Crippen LogP contribution in [0.1, 0.15) is 65.1 Å². The van der Waals surface area contributed by atoms with E-state index in [1.54, 1.807) is 0 Å². The molecule has 124 valence electrons. The van der Waals surface area contributed by atoms with E-state index in [0.29, 0.717) is 30.1 Å². The molecule has 0 spiro atoms. The molecule has 0 saturated heterocycles. The van der Waals surface area contributed by atoms with E-state index in [9.17, 15) is 0 Å². The highest BCUT2D eigenvalue weighted by molar-refractivity contribution is 5.67. The van der Waals surface area contributed by atoms with Crippen molar-refractivity contribution in [2.75, 3.05) is 17.7 Å². The molecule has 5 nitrogen and oxygen atoms in total. The molecule has 3 N–H and O–H groups in total. The van der Waals surface area contributed by atoms with Crippen LogP contribution in [-0.4, -0.2) is 22.6 Å². The summed E-state index contributed by atoms with van der Waals surface area (Å²) in [7, 11) is 0. The number of aryl methyl sites for hydroxylation is 1. The largest absolute Gasteiger partial charge is 0.476 e. The highest BCUT2D eigenvalue weighted by Crippen LogP contribution is 2.31. The normalized spacial score (nSPS) is 21.6. The first-order valence-corrected chi connectivity index (χ1v) is 8.71. The highest BCUT2D eigenvalue weighted by Gasteiger charge is 2.23. The van der Waals surface area contributed by atoms with Crippen LogP contribution in [0.15, 0.2) is 0 Å². The van der Waals surface area contributed by atoms with Crippen molar-refractivity contribution in [1.82, 2.24) is 9.97 Å². The number of hydrogen-bond donors (Lipinski definition) is 2. The molecular formula is C17H30N4O. The Morgan fingerprint density at radius 2 is 2.00 bits per heavy atom. The summed E-state index contributed by atoms with van der Waals surface area (Å²) in [5, 5.41) is 3.55. The van der Waals surface area contributed by atoms with Crippen molar-refractivity contribution in [2.24, 2.45) is 5.92 Å². The zero-order valence-electron chi connectivity index (χ0n) is 14.2. The Labute approximate surface area is 134 Å². The predicted molar refractivity (Wildman–Crippen MR) is 91.3 cm³/mol. The Kier molecular flexibility index (Phi) is 6.28. The second-order valence-electron chi connectivity index (χ2n) is 6.28. The van der Waals surface area contributed by atoms with Crippen LogP contribution in [0.2, 0.25) is 0 Å². The van der Waals surface area contributed by atoms with Gasteiger partial charge in [0.05, 0.1) is 6.61 Å². The zero-order valence-corrected chi connectivity index (χ0v) is 14.2. The number of anilines is 2. The Balaban J connectivity index is 2.16. The van der Waals surface area contributed by atoms with Crippen molar-refractivity contribution in [2.45, 2.75) is 71.8 Å². The molecule has 2 rings (SSSR count). The van der Waals surface area contributed by atoms with E-state index in [0.717, 1.165) is 30.9 Å². The molecule has 1 heterocycles. The van der Waals surface area contributed by atoms with Gasteiger partial charge in [-0.3, -0.25) is 0 Å². The van der Waals surface area contributed by atoms with E-state index in [4.69, 9.17) is 10.5 Å². The fourth-order valence-corrected chi connectivity index (χ4v) is 2.89. The number of unbranched alkanes of at least 4 members (excludes halogenated alkanes) is 1. The molecule has 1 aliphatic carbocycles. The molecule has 1 aliphatic rings. The molecule has 1 saturated carbocycles. The maximum absolute atomic E-state index is 6.24. The number of nitrogens with one attached hydrogen (secondary N) is 1. The van der Waals surface area contributed by atoms with Gasteiger partial charge in [-0.25, -0.2) is 4.98 Å². The van der Waals surface area contributed by atoms with Gasteiger partial charge in [0, 0.05) is 12.5 Å². The lowest BCUT2D eigenvalue weighted by atomic mass is 9.86. The van der Waals surface area contributed by atoms with Crippen molar-refractivity contribution >= 4 is 11.5 Å². The molecular weight excluding hydrogens is 276 g/mol. The minimum Gasteiger partial charge on any atom is -0.476 e. The lowest BCUT2D eigenvalue weighted by Crippen LogP contribution is -2.31. The summed E-state index contributed by atoms with van der Waals surface area (Å²) in [4.78, 5) is 9.02. The average Bonchev–Trinajstić information content (AvgIpc) is 2.53. The van der Waals surface area contributed by atoms with E-state index in [1.807, 2.05) is 6.92 Å². The van der Waals surface area contributed by atoms with Gasteiger partial charge in [0.15, 0.2) is 5.82 Å². The third kappa shape index (κ3) is 4.24. The van der Waals surface area contributed by atoms with Crippen LogP contribution in [0.4, 0.5) is 11.5 Å². The minimum absolute atomic E-state index is 0.444. The molecule has 0 bridgehead atoms. The van der Waals surface area contributed by atoms with Crippen LogP contribution in [-0.2, 0) is 6.42 Å². The van der Waals surface area contributed by atoms with Crippen LogP contribution in [0.3, 0.4) is 0 Å². The van der Waals surface area contributed by atoms with Crippen molar-refractivity contribution in [1.29, 1.82) is 0 Å². The minimum atomic E-state index is 0.444. The van der Waals surface area contributed by atoms with E-state index < -0.39 is 0 Å². The van der Waals surface area contributed by atoms with Gasteiger partial charge in [0.25, 0.3) is 0 Å². The topological polar surface area (TPSA) is 73.1 Å². The fraction of sp³-hybridized carbons (Fsp3) is 0.765. The van der Waals surface area contributed by atoms with E-state index >= 15 is 0 Å². The Morgan fingerprint density at radius 1 is 1.23 bits per heavy atom. The van der Waals surface area contributed by atoms with Gasteiger partial charge >= 0.3 is 0 Å². The highest BCUT2D eigenvalue weighted by atomic mass is 16.5. The maximum Gasteiger partial charge on any atom is 0.242 e. The summed E-state index contributed by atoms with van der Waals surface area (Å²) < 4.78 is 5.76. The average molecular weight is 306 g/mol. The molecule has 1 fully saturated rings. The van der Waals surface area contributed by atoms with Crippen LogP contribution < -0.4 is 15.8 Å². The second kappa shape index (κ2) is 8.20. The summed E-state index contributed by atoms with van der Waals surface area (Å²) >= 11 is 0. The van der Waals surface area contributed by atoms with Crippen molar-refractivity contribution in [3.05, 3.63) is 5.82 Å². The predicted octanol–water partition coefficient (Wildman–Crippen LogP) is 3.79. The van der Waals surface area contributed by atoms with Crippen molar-refractivity contribution in [3.8, 4) is 5.88 Å².